The van der Waals surface area contributed by atoms with Gasteiger partial charge in [0.05, 0.1) is 0 Å². The van der Waals surface area contributed by atoms with Gasteiger partial charge >= 0.3 is 0 Å². The molecule has 3 heteroatoms. The maximum atomic E-state index is 11.8. The second kappa shape index (κ2) is 5.27. The van der Waals surface area contributed by atoms with E-state index in [0.29, 0.717) is 5.78 Å². The Kier molecular flexibility index (Phi) is 4.29. The zero-order valence-corrected chi connectivity index (χ0v) is 9.26. The number of rotatable bonds is 4. The Bertz CT molecular complexity index is 235. The van der Waals surface area contributed by atoms with Crippen LogP contribution in [0.2, 0.25) is 0 Å². The van der Waals surface area contributed by atoms with Crippen molar-refractivity contribution >= 4 is 5.78 Å². The molecule has 1 saturated carbocycles. The summed E-state index contributed by atoms with van der Waals surface area (Å²) < 4.78 is 0. The molecule has 0 amide bonds. The van der Waals surface area contributed by atoms with E-state index < -0.39 is 0 Å². The second-order valence-electron chi connectivity index (χ2n) is 3.85. The Hall–Kier alpha value is -0.670. The SMILES string of the molecule is CC=C1CCC(C(C)NCNC)C1=O. The van der Waals surface area contributed by atoms with Crippen molar-refractivity contribution in [2.75, 3.05) is 13.7 Å². The van der Waals surface area contributed by atoms with Gasteiger partial charge in [0.15, 0.2) is 5.78 Å². The first kappa shape index (κ1) is 11.4. The maximum Gasteiger partial charge on any atom is 0.163 e. The molecule has 0 aromatic heterocycles. The van der Waals surface area contributed by atoms with Gasteiger partial charge in [0.25, 0.3) is 0 Å². The summed E-state index contributed by atoms with van der Waals surface area (Å²) in [7, 11) is 1.90. The fourth-order valence-corrected chi connectivity index (χ4v) is 1.97. The molecule has 0 radical (unpaired) electrons. The summed E-state index contributed by atoms with van der Waals surface area (Å²) in [4.78, 5) is 11.8. The zero-order chi connectivity index (χ0) is 10.6. The predicted octanol–water partition coefficient (Wildman–Crippen LogP) is 1.07. The molecule has 0 aliphatic heterocycles. The summed E-state index contributed by atoms with van der Waals surface area (Å²) in [5.41, 5.74) is 1.01. The number of nitrogens with one attached hydrogen (secondary N) is 2. The molecule has 3 nitrogen and oxygen atoms in total. The van der Waals surface area contributed by atoms with Gasteiger partial charge in [0.2, 0.25) is 0 Å². The Morgan fingerprint density at radius 1 is 1.64 bits per heavy atom. The minimum atomic E-state index is 0.176. The maximum absolute atomic E-state index is 11.8. The lowest BCUT2D eigenvalue weighted by Crippen LogP contribution is -2.40. The number of Topliss-reactive ketones (excluding diaryl/α,β-unsaturated/α-hetero) is 1. The summed E-state index contributed by atoms with van der Waals surface area (Å²) in [6.07, 6.45) is 3.90. The number of hydrogen-bond donors (Lipinski definition) is 2. The lowest BCUT2D eigenvalue weighted by Gasteiger charge is -2.18. The van der Waals surface area contributed by atoms with Crippen LogP contribution in [-0.4, -0.2) is 25.5 Å². The third-order valence-electron chi connectivity index (χ3n) is 2.93. The van der Waals surface area contributed by atoms with E-state index in [9.17, 15) is 4.79 Å². The molecule has 0 spiro atoms. The second-order valence-corrected chi connectivity index (χ2v) is 3.85. The lowest BCUT2D eigenvalue weighted by molar-refractivity contribution is -0.118. The molecule has 0 heterocycles. The van der Waals surface area contributed by atoms with Crippen molar-refractivity contribution in [3.05, 3.63) is 11.6 Å². The van der Waals surface area contributed by atoms with Gasteiger partial charge in [-0.15, -0.1) is 0 Å². The molecule has 0 bridgehead atoms. The van der Waals surface area contributed by atoms with Crippen LogP contribution in [0.4, 0.5) is 0 Å². The quantitative estimate of drug-likeness (QED) is 0.522. The highest BCUT2D eigenvalue weighted by molar-refractivity contribution is 5.99. The largest absolute Gasteiger partial charge is 0.308 e. The van der Waals surface area contributed by atoms with Crippen molar-refractivity contribution in [1.82, 2.24) is 10.6 Å². The van der Waals surface area contributed by atoms with Crippen LogP contribution in [0.3, 0.4) is 0 Å². The molecule has 0 aromatic carbocycles. The van der Waals surface area contributed by atoms with Gasteiger partial charge in [-0.25, -0.2) is 0 Å². The minimum Gasteiger partial charge on any atom is -0.308 e. The van der Waals surface area contributed by atoms with Crippen LogP contribution in [0, 0.1) is 5.92 Å². The molecule has 1 aliphatic rings. The van der Waals surface area contributed by atoms with Gasteiger partial charge in [0, 0.05) is 18.6 Å². The van der Waals surface area contributed by atoms with Crippen molar-refractivity contribution in [3.63, 3.8) is 0 Å². The third-order valence-corrected chi connectivity index (χ3v) is 2.93. The van der Waals surface area contributed by atoms with Crippen molar-refractivity contribution in [2.45, 2.75) is 32.7 Å². The van der Waals surface area contributed by atoms with Crippen LogP contribution in [0.15, 0.2) is 11.6 Å². The fourth-order valence-electron chi connectivity index (χ4n) is 1.97. The molecule has 2 N–H and O–H groups in total. The van der Waals surface area contributed by atoms with E-state index in [1.54, 1.807) is 0 Å². The van der Waals surface area contributed by atoms with E-state index in [0.717, 1.165) is 25.1 Å². The molecule has 0 aromatic rings. The number of carbonyl (C=O) groups is 1. The zero-order valence-electron chi connectivity index (χ0n) is 9.26. The standard InChI is InChI=1S/C11H20N2O/c1-4-9-5-6-10(11(9)14)8(2)13-7-12-3/h4,8,10,12-13H,5-7H2,1-3H3. The average Bonchev–Trinajstić information content (AvgIpc) is 2.56. The monoisotopic (exact) mass is 196 g/mol. The van der Waals surface area contributed by atoms with Crippen LogP contribution in [-0.2, 0) is 4.79 Å². The highest BCUT2D eigenvalue weighted by Gasteiger charge is 2.32. The van der Waals surface area contributed by atoms with E-state index in [1.807, 2.05) is 20.0 Å². The van der Waals surface area contributed by atoms with Gasteiger partial charge in [-0.3, -0.25) is 4.79 Å². The average molecular weight is 196 g/mol. The molecule has 1 aliphatic carbocycles. The van der Waals surface area contributed by atoms with Gasteiger partial charge in [-0.2, -0.15) is 0 Å². The van der Waals surface area contributed by atoms with Crippen molar-refractivity contribution in [2.24, 2.45) is 5.92 Å². The van der Waals surface area contributed by atoms with E-state index in [1.165, 1.54) is 0 Å². The summed E-state index contributed by atoms with van der Waals surface area (Å²) in [5, 5.41) is 6.32. The number of allylic oxidation sites excluding steroid dienone is 2. The minimum absolute atomic E-state index is 0.176. The molecule has 80 valence electrons. The van der Waals surface area contributed by atoms with E-state index in [-0.39, 0.29) is 12.0 Å². The molecule has 1 rings (SSSR count). The smallest absolute Gasteiger partial charge is 0.163 e. The van der Waals surface area contributed by atoms with Gasteiger partial charge in [-0.1, -0.05) is 6.08 Å². The van der Waals surface area contributed by atoms with E-state index in [2.05, 4.69) is 17.6 Å². The number of hydrogen-bond acceptors (Lipinski definition) is 3. The van der Waals surface area contributed by atoms with Gasteiger partial charge in [0.1, 0.15) is 0 Å². The molecule has 14 heavy (non-hydrogen) atoms. The fraction of sp³-hybridized carbons (Fsp3) is 0.727. The van der Waals surface area contributed by atoms with Crippen LogP contribution >= 0.6 is 0 Å². The van der Waals surface area contributed by atoms with Crippen molar-refractivity contribution < 1.29 is 4.79 Å². The number of ketones is 1. The van der Waals surface area contributed by atoms with E-state index in [4.69, 9.17) is 0 Å². The van der Waals surface area contributed by atoms with Crippen LogP contribution in [0.25, 0.3) is 0 Å². The summed E-state index contributed by atoms with van der Waals surface area (Å²) in [6.45, 7) is 4.79. The summed E-state index contributed by atoms with van der Waals surface area (Å²) >= 11 is 0. The normalized spacial score (nSPS) is 27.2. The molecule has 2 unspecified atom stereocenters. The Morgan fingerprint density at radius 3 is 2.86 bits per heavy atom. The van der Waals surface area contributed by atoms with Crippen LogP contribution in [0.1, 0.15) is 26.7 Å². The van der Waals surface area contributed by atoms with Crippen LogP contribution in [0.5, 0.6) is 0 Å². The summed E-state index contributed by atoms with van der Waals surface area (Å²) in [6, 6.07) is 0.271. The van der Waals surface area contributed by atoms with E-state index >= 15 is 0 Å². The Labute approximate surface area is 86.0 Å². The predicted molar refractivity (Wildman–Crippen MR) is 58.0 cm³/mol. The number of carbonyl (C=O) groups excluding carboxylic acids is 1. The van der Waals surface area contributed by atoms with Gasteiger partial charge in [-0.05, 0) is 39.3 Å². The van der Waals surface area contributed by atoms with Crippen molar-refractivity contribution in [1.29, 1.82) is 0 Å². The Balaban J connectivity index is 2.50. The summed E-state index contributed by atoms with van der Waals surface area (Å²) in [5.74, 6) is 0.512. The first-order valence-corrected chi connectivity index (χ1v) is 5.28. The molecule has 0 saturated heterocycles. The van der Waals surface area contributed by atoms with Crippen molar-refractivity contribution in [3.8, 4) is 0 Å². The highest BCUT2D eigenvalue weighted by atomic mass is 16.1. The molecular formula is C11H20N2O. The lowest BCUT2D eigenvalue weighted by atomic mass is 9.98. The molecule has 2 atom stereocenters. The molecular weight excluding hydrogens is 176 g/mol. The van der Waals surface area contributed by atoms with Gasteiger partial charge < -0.3 is 10.6 Å². The first-order valence-electron chi connectivity index (χ1n) is 5.28. The molecule has 1 fully saturated rings. The third kappa shape index (κ3) is 2.42. The van der Waals surface area contributed by atoms with Crippen LogP contribution < -0.4 is 10.6 Å². The topological polar surface area (TPSA) is 41.1 Å². The Morgan fingerprint density at radius 2 is 2.36 bits per heavy atom. The highest BCUT2D eigenvalue weighted by Crippen LogP contribution is 2.28. The first-order chi connectivity index (χ1) is 6.70.